The average Bonchev–Trinajstić information content (AvgIpc) is 3.06. The number of likely N-dealkylation sites (tertiary alicyclic amines) is 1. The van der Waals surface area contributed by atoms with Crippen LogP contribution in [0.15, 0.2) is 24.3 Å². The second-order valence-corrected chi connectivity index (χ2v) is 8.39. The van der Waals surface area contributed by atoms with Crippen LogP contribution in [0.3, 0.4) is 0 Å². The number of rotatable bonds is 1. The summed E-state index contributed by atoms with van der Waals surface area (Å²) in [5.74, 6) is 0.122. The second kappa shape index (κ2) is 5.56. The van der Waals surface area contributed by atoms with Crippen LogP contribution >= 0.6 is 0 Å². The van der Waals surface area contributed by atoms with Crippen molar-refractivity contribution in [1.29, 1.82) is 0 Å². The normalized spacial score (nSPS) is 28.9. The SMILES string of the molecule is CC(C)(C)c1ccc(C(=O)N2CC[C@@]34OCCCN3C(=O)C[C@@H]24)cc1. The van der Waals surface area contributed by atoms with Crippen molar-refractivity contribution in [2.75, 3.05) is 19.7 Å². The maximum atomic E-state index is 13.1. The fourth-order valence-corrected chi connectivity index (χ4v) is 4.47. The standard InChI is InChI=1S/C20H26N2O3/c1-19(2,3)15-7-5-14(6-8-15)18(24)21-11-9-20-16(21)13-17(23)22(20)10-4-12-25-20/h5-8,16H,4,9-13H2,1-3H3/t16-,20+/m1/s1. The first kappa shape index (κ1) is 16.6. The zero-order valence-corrected chi connectivity index (χ0v) is 15.2. The minimum absolute atomic E-state index is 0.00570. The molecule has 3 fully saturated rings. The quantitative estimate of drug-likeness (QED) is 0.788. The molecule has 5 nitrogen and oxygen atoms in total. The fourth-order valence-electron chi connectivity index (χ4n) is 4.47. The second-order valence-electron chi connectivity index (χ2n) is 8.39. The average molecular weight is 342 g/mol. The number of nitrogens with zero attached hydrogens (tertiary/aromatic N) is 2. The number of hydrogen-bond acceptors (Lipinski definition) is 3. The predicted octanol–water partition coefficient (Wildman–Crippen LogP) is 2.55. The lowest BCUT2D eigenvalue weighted by Gasteiger charge is -2.42. The molecule has 3 aliphatic heterocycles. The van der Waals surface area contributed by atoms with Crippen molar-refractivity contribution in [3.8, 4) is 0 Å². The molecule has 0 aliphatic carbocycles. The van der Waals surface area contributed by atoms with Gasteiger partial charge in [0.15, 0.2) is 5.72 Å². The largest absolute Gasteiger partial charge is 0.353 e. The molecule has 0 unspecified atom stereocenters. The minimum atomic E-state index is -0.573. The van der Waals surface area contributed by atoms with E-state index in [0.29, 0.717) is 25.1 Å². The molecule has 134 valence electrons. The third-order valence-corrected chi connectivity index (χ3v) is 5.87. The van der Waals surface area contributed by atoms with Gasteiger partial charge in [0.2, 0.25) is 5.91 Å². The Morgan fingerprint density at radius 2 is 1.92 bits per heavy atom. The molecule has 0 aromatic heterocycles. The van der Waals surface area contributed by atoms with Crippen molar-refractivity contribution >= 4 is 11.8 Å². The summed E-state index contributed by atoms with van der Waals surface area (Å²) in [5, 5.41) is 0. The van der Waals surface area contributed by atoms with E-state index < -0.39 is 5.72 Å². The molecule has 3 aliphatic rings. The van der Waals surface area contributed by atoms with Gasteiger partial charge in [-0.05, 0) is 29.5 Å². The number of ether oxygens (including phenoxy) is 1. The van der Waals surface area contributed by atoms with Gasteiger partial charge < -0.3 is 14.5 Å². The molecule has 1 aromatic carbocycles. The van der Waals surface area contributed by atoms with E-state index in [4.69, 9.17) is 4.74 Å². The highest BCUT2D eigenvalue weighted by Crippen LogP contribution is 2.45. The zero-order valence-electron chi connectivity index (χ0n) is 15.2. The summed E-state index contributed by atoms with van der Waals surface area (Å²) < 4.78 is 6.08. The van der Waals surface area contributed by atoms with Crippen molar-refractivity contribution in [3.63, 3.8) is 0 Å². The van der Waals surface area contributed by atoms with Crippen LogP contribution in [0.4, 0.5) is 0 Å². The Kier molecular flexibility index (Phi) is 3.69. The van der Waals surface area contributed by atoms with Gasteiger partial charge in [0.25, 0.3) is 5.91 Å². The van der Waals surface area contributed by atoms with Crippen molar-refractivity contribution < 1.29 is 14.3 Å². The number of benzene rings is 1. The van der Waals surface area contributed by atoms with E-state index in [1.807, 2.05) is 34.1 Å². The summed E-state index contributed by atoms with van der Waals surface area (Å²) in [5.41, 5.74) is 1.38. The number of hydrogen-bond donors (Lipinski definition) is 0. The van der Waals surface area contributed by atoms with Gasteiger partial charge in [-0.25, -0.2) is 0 Å². The lowest BCUT2D eigenvalue weighted by Crippen LogP contribution is -2.56. The van der Waals surface area contributed by atoms with E-state index in [9.17, 15) is 9.59 Å². The van der Waals surface area contributed by atoms with Crippen molar-refractivity contribution in [3.05, 3.63) is 35.4 Å². The highest BCUT2D eigenvalue weighted by Gasteiger charge is 2.61. The smallest absolute Gasteiger partial charge is 0.254 e. The monoisotopic (exact) mass is 342 g/mol. The molecular formula is C20H26N2O3. The summed E-state index contributed by atoms with van der Waals surface area (Å²) in [6.45, 7) is 8.54. The maximum absolute atomic E-state index is 13.1. The van der Waals surface area contributed by atoms with Gasteiger partial charge in [-0.3, -0.25) is 9.59 Å². The van der Waals surface area contributed by atoms with Crippen LogP contribution in [0.25, 0.3) is 0 Å². The number of carbonyl (C=O) groups is 2. The van der Waals surface area contributed by atoms with Gasteiger partial charge in [0.05, 0.1) is 19.1 Å². The Balaban J connectivity index is 1.59. The van der Waals surface area contributed by atoms with Crippen LogP contribution in [0.2, 0.25) is 0 Å². The molecule has 0 saturated carbocycles. The summed E-state index contributed by atoms with van der Waals surface area (Å²) in [6, 6.07) is 7.72. The summed E-state index contributed by atoms with van der Waals surface area (Å²) in [7, 11) is 0. The van der Waals surface area contributed by atoms with Crippen molar-refractivity contribution in [1.82, 2.24) is 9.80 Å². The number of amides is 2. The molecule has 0 radical (unpaired) electrons. The summed E-state index contributed by atoms with van der Waals surface area (Å²) in [6.07, 6.45) is 1.98. The van der Waals surface area contributed by atoms with Gasteiger partial charge >= 0.3 is 0 Å². The van der Waals surface area contributed by atoms with E-state index in [-0.39, 0.29) is 23.3 Å². The lowest BCUT2D eigenvalue weighted by atomic mass is 9.86. The topological polar surface area (TPSA) is 49.9 Å². The van der Waals surface area contributed by atoms with Gasteiger partial charge in [-0.1, -0.05) is 32.9 Å². The summed E-state index contributed by atoms with van der Waals surface area (Å²) >= 11 is 0. The van der Waals surface area contributed by atoms with E-state index >= 15 is 0 Å². The molecule has 0 bridgehead atoms. The zero-order chi connectivity index (χ0) is 17.8. The molecule has 3 heterocycles. The molecule has 1 aromatic rings. The Morgan fingerprint density at radius 1 is 1.20 bits per heavy atom. The van der Waals surface area contributed by atoms with E-state index in [1.54, 1.807) is 0 Å². The first-order chi connectivity index (χ1) is 11.8. The third kappa shape index (κ3) is 2.48. The lowest BCUT2D eigenvalue weighted by molar-refractivity contribution is -0.179. The highest BCUT2D eigenvalue weighted by atomic mass is 16.5. The highest BCUT2D eigenvalue weighted by molar-refractivity contribution is 5.96. The number of carbonyl (C=O) groups excluding carboxylic acids is 2. The van der Waals surface area contributed by atoms with Gasteiger partial charge in [0.1, 0.15) is 0 Å². The Bertz CT molecular complexity index is 707. The fraction of sp³-hybridized carbons (Fsp3) is 0.600. The molecule has 25 heavy (non-hydrogen) atoms. The minimum Gasteiger partial charge on any atom is -0.353 e. The molecule has 2 atom stereocenters. The molecule has 0 N–H and O–H groups in total. The predicted molar refractivity (Wildman–Crippen MR) is 94.2 cm³/mol. The van der Waals surface area contributed by atoms with Crippen LogP contribution in [0.1, 0.15) is 56.0 Å². The van der Waals surface area contributed by atoms with Crippen LogP contribution in [-0.2, 0) is 14.9 Å². The Labute approximate surface area is 148 Å². The Morgan fingerprint density at radius 3 is 2.60 bits per heavy atom. The van der Waals surface area contributed by atoms with Crippen LogP contribution in [-0.4, -0.2) is 53.1 Å². The molecule has 5 heteroatoms. The molecule has 4 rings (SSSR count). The first-order valence-corrected chi connectivity index (χ1v) is 9.19. The molecule has 2 amide bonds. The van der Waals surface area contributed by atoms with Crippen LogP contribution in [0, 0.1) is 0 Å². The van der Waals surface area contributed by atoms with Crippen LogP contribution in [0.5, 0.6) is 0 Å². The van der Waals surface area contributed by atoms with E-state index in [2.05, 4.69) is 20.8 Å². The summed E-state index contributed by atoms with van der Waals surface area (Å²) in [4.78, 5) is 29.2. The van der Waals surface area contributed by atoms with Crippen molar-refractivity contribution in [2.24, 2.45) is 0 Å². The first-order valence-electron chi connectivity index (χ1n) is 9.19. The van der Waals surface area contributed by atoms with Crippen LogP contribution < -0.4 is 0 Å². The Hall–Kier alpha value is -1.88. The molecule has 1 spiro atoms. The van der Waals surface area contributed by atoms with Gasteiger partial charge in [-0.15, -0.1) is 0 Å². The molecular weight excluding hydrogens is 316 g/mol. The van der Waals surface area contributed by atoms with Gasteiger partial charge in [0, 0.05) is 25.1 Å². The van der Waals surface area contributed by atoms with Gasteiger partial charge in [-0.2, -0.15) is 0 Å². The van der Waals surface area contributed by atoms with E-state index in [0.717, 1.165) is 19.4 Å². The van der Waals surface area contributed by atoms with E-state index in [1.165, 1.54) is 5.56 Å². The third-order valence-electron chi connectivity index (χ3n) is 5.87. The maximum Gasteiger partial charge on any atom is 0.254 e. The molecule has 3 saturated heterocycles. The van der Waals surface area contributed by atoms with Crippen molar-refractivity contribution in [2.45, 2.75) is 57.2 Å².